The van der Waals surface area contributed by atoms with Crippen LogP contribution < -0.4 is 22.9 Å². The van der Waals surface area contributed by atoms with Gasteiger partial charge in [0.15, 0.2) is 69.4 Å². The van der Waals surface area contributed by atoms with Crippen molar-refractivity contribution in [1.82, 2.24) is 127 Å². The quantitative estimate of drug-likeness (QED) is 0.113. The molecule has 16 aromatic rings. The number of aromatic nitrogens is 26. The molecule has 2 fully saturated rings. The Bertz CT molecular complexity index is 5030. The molecule has 1 aliphatic heterocycles. The van der Waals surface area contributed by atoms with E-state index < -0.39 is 37.3 Å². The Kier molecular flexibility index (Phi) is 21.8. The summed E-state index contributed by atoms with van der Waals surface area (Å²) in [6.07, 6.45) is 18.3. The van der Waals surface area contributed by atoms with Crippen LogP contribution in [-0.2, 0) is 40.0 Å². The van der Waals surface area contributed by atoms with Gasteiger partial charge in [0.25, 0.3) is 0 Å². The molecule has 36 heteroatoms. The van der Waals surface area contributed by atoms with E-state index >= 15 is 0 Å². The van der Waals surface area contributed by atoms with Crippen LogP contribution in [0.4, 0.5) is 27.7 Å². The van der Waals surface area contributed by atoms with Gasteiger partial charge in [-0.1, -0.05) is 24.3 Å². The average Bonchev–Trinajstić information content (AvgIpc) is 1.61. The van der Waals surface area contributed by atoms with Gasteiger partial charge in [-0.05, 0) is 81.5 Å². The van der Waals surface area contributed by atoms with E-state index in [1.807, 2.05) is 72.7 Å². The molecule has 7 atom stereocenters. The van der Waals surface area contributed by atoms with Crippen molar-refractivity contribution in [2.45, 2.75) is 77.3 Å². The zero-order valence-corrected chi connectivity index (χ0v) is 57.1. The number of ether oxygens (including phenoxy) is 1. The molecule has 35 nitrogen and oxygen atoms in total. The highest BCUT2D eigenvalue weighted by Gasteiger charge is 2.45. The number of benzene rings is 2. The largest absolute Gasteiger partial charge is 0.396 e. The maximum atomic E-state index is 14.0. The number of hydrogen-bond donors (Lipinski definition) is 9. The number of aryl methyl sites for hydroxylation is 9. The predicted octanol–water partition coefficient (Wildman–Crippen LogP) is 4.91. The molecule has 102 heavy (non-hydrogen) atoms. The Morgan fingerprint density at radius 2 is 1.02 bits per heavy atom. The lowest BCUT2D eigenvalue weighted by Gasteiger charge is -2.14. The van der Waals surface area contributed by atoms with Crippen molar-refractivity contribution >= 4 is 112 Å². The van der Waals surface area contributed by atoms with Crippen molar-refractivity contribution in [3.05, 3.63) is 159 Å². The van der Waals surface area contributed by atoms with E-state index in [1.54, 1.807) is 42.3 Å². The van der Waals surface area contributed by atoms with Gasteiger partial charge in [0.2, 0.25) is 0 Å². The summed E-state index contributed by atoms with van der Waals surface area (Å²) < 4.78 is 32.3. The van der Waals surface area contributed by atoms with Crippen molar-refractivity contribution in [3.63, 3.8) is 0 Å². The molecule has 0 bridgehead atoms. The molecule has 0 spiro atoms. The number of para-hydroxylation sites is 1. The summed E-state index contributed by atoms with van der Waals surface area (Å²) in [6, 6.07) is 16.8. The molecule has 1 aliphatic carbocycles. The van der Waals surface area contributed by atoms with Gasteiger partial charge < -0.3 is 75.5 Å². The minimum atomic E-state index is -1.69. The van der Waals surface area contributed by atoms with Gasteiger partial charge in [-0.25, -0.2) is 89.1 Å². The molecule has 2 aliphatic rings. The fourth-order valence-electron chi connectivity index (χ4n) is 11.5. The second-order valence-electron chi connectivity index (χ2n) is 24.1. The van der Waals surface area contributed by atoms with E-state index in [4.69, 9.17) is 32.8 Å². The SMILES string of the molecule is Cc1[nH]nc2c(N)ncnc12.Cc1cccc2c1ccn2C.Cc1cccc2c1ncn2C.Cc1ccnc2c1ncn2C.Cn1cnc2c(N)ncnc21.Cn1cnc2cncnc21.Nc1ncnc2c1ncn2[C@@H]1C[C@H](CO)[C@H](O)C1.Nc1ncnc2c1ncn2[C@@H]1O[C@H](CO)[C@H](O)C1F. The van der Waals surface area contributed by atoms with E-state index in [0.717, 1.165) is 44.7 Å². The number of fused-ring (bicyclic) bond motifs is 8. The van der Waals surface area contributed by atoms with Gasteiger partial charge >= 0.3 is 0 Å². The number of rotatable bonds is 4. The minimum Gasteiger partial charge on any atom is -0.396 e. The summed E-state index contributed by atoms with van der Waals surface area (Å²) in [7, 11) is 9.79. The van der Waals surface area contributed by atoms with Crippen molar-refractivity contribution in [2.75, 3.05) is 36.1 Å². The number of aromatic amines is 1. The molecule has 1 unspecified atom stereocenters. The highest BCUT2D eigenvalue weighted by molar-refractivity contribution is 5.86. The van der Waals surface area contributed by atoms with E-state index in [0.29, 0.717) is 63.7 Å². The van der Waals surface area contributed by atoms with Crippen LogP contribution in [0, 0.1) is 33.6 Å². The predicted molar refractivity (Wildman–Crippen MR) is 380 cm³/mol. The second-order valence-corrected chi connectivity index (χ2v) is 24.1. The summed E-state index contributed by atoms with van der Waals surface area (Å²) in [4.78, 5) is 68.3. The van der Waals surface area contributed by atoms with Gasteiger partial charge in [-0.15, -0.1) is 0 Å². The van der Waals surface area contributed by atoms with Crippen LogP contribution in [0.3, 0.4) is 0 Å². The average molecular weight is 1390 g/mol. The second kappa shape index (κ2) is 31.3. The van der Waals surface area contributed by atoms with Crippen molar-refractivity contribution in [2.24, 2.45) is 41.2 Å². The van der Waals surface area contributed by atoms with Gasteiger partial charge in [-0.2, -0.15) is 5.10 Å². The maximum Gasteiger partial charge on any atom is 0.173 e. The number of nitrogen functional groups attached to an aromatic ring is 4. The molecular weight excluding hydrogens is 1310 g/mol. The Labute approximate surface area is 579 Å². The van der Waals surface area contributed by atoms with Gasteiger partial charge in [0.1, 0.15) is 76.9 Å². The van der Waals surface area contributed by atoms with E-state index in [2.05, 4.69) is 169 Å². The fraction of sp³-hybridized carbons (Fsp3) is 0.303. The number of nitrogens with two attached hydrogens (primary N) is 4. The Hall–Kier alpha value is -12.2. The molecular formula is C66H77FN30O5. The number of imidazole rings is 6. The number of halogens is 1. The smallest absolute Gasteiger partial charge is 0.173 e. The first-order valence-corrected chi connectivity index (χ1v) is 31.8. The molecule has 0 radical (unpaired) electrons. The first kappa shape index (κ1) is 71.0. The van der Waals surface area contributed by atoms with Crippen molar-refractivity contribution in [3.8, 4) is 0 Å². The topological polar surface area (TPSA) is 477 Å². The number of nitrogens with one attached hydrogen (secondary N) is 1. The van der Waals surface area contributed by atoms with Crippen LogP contribution in [0.25, 0.3) is 88.8 Å². The monoisotopic (exact) mass is 1390 g/mol. The van der Waals surface area contributed by atoms with Crippen LogP contribution in [0.2, 0.25) is 0 Å². The van der Waals surface area contributed by atoms with Crippen LogP contribution in [-0.4, -0.2) is 185 Å². The van der Waals surface area contributed by atoms with E-state index in [1.165, 1.54) is 75.6 Å². The van der Waals surface area contributed by atoms with Crippen LogP contribution >= 0.6 is 0 Å². The molecule has 15 heterocycles. The van der Waals surface area contributed by atoms with Gasteiger partial charge in [0.05, 0.1) is 73.6 Å². The number of H-pyrrole nitrogens is 1. The highest BCUT2D eigenvalue weighted by atomic mass is 19.1. The Morgan fingerprint density at radius 1 is 0.490 bits per heavy atom. The number of anilines is 4. The van der Waals surface area contributed by atoms with Crippen molar-refractivity contribution < 1.29 is 29.6 Å². The highest BCUT2D eigenvalue weighted by Crippen LogP contribution is 2.37. The van der Waals surface area contributed by atoms with E-state index in [-0.39, 0.29) is 24.4 Å². The number of aliphatic hydroxyl groups excluding tert-OH is 4. The molecule has 1 saturated heterocycles. The lowest BCUT2D eigenvalue weighted by atomic mass is 10.1. The van der Waals surface area contributed by atoms with Crippen LogP contribution in [0.5, 0.6) is 0 Å². The number of alkyl halides is 1. The lowest BCUT2D eigenvalue weighted by Crippen LogP contribution is -2.30. The van der Waals surface area contributed by atoms with E-state index in [9.17, 15) is 19.7 Å². The number of pyridine rings is 1. The first-order chi connectivity index (χ1) is 49.1. The third-order valence-corrected chi connectivity index (χ3v) is 17.1. The van der Waals surface area contributed by atoms with Gasteiger partial charge in [-0.3, -0.25) is 9.67 Å². The summed E-state index contributed by atoms with van der Waals surface area (Å²) >= 11 is 0. The van der Waals surface area contributed by atoms with Crippen LogP contribution in [0.1, 0.15) is 47.5 Å². The first-order valence-electron chi connectivity index (χ1n) is 31.8. The summed E-state index contributed by atoms with van der Waals surface area (Å²) in [6.45, 7) is 7.68. The number of hydrogen-bond acceptors (Lipinski definition) is 27. The standard InChI is InChI=1S/C11H15N5O2.C10H12FN5O3.C10H11N.C9H10N2.C8H9N3.2C6H7N5.C6H6N4/c12-10-9-11(14-4-13-10)16(5-15-9)7-1-6(3-17)8(18)2-7;11-5-7(18)4(1-17)19-10(5)16-3-15-6-8(12)13-2-14-9(6)16;1-8-4-3-5-10-9(8)6-7-11(10)2;1-7-4-3-5-8-9(7)10-6-11(8)2;1-6-3-4-9-8-7(6)10-5-11(8)2;1-11-3-10-4-5(7)8-2-9-6(4)11;1-3-4-5(11-10-3)6(7)9-2-8-4;1-10-4-9-5-2-7-3-8-6(5)10/h4-8,17-18H,1-3H2,(H2,12,13,14);2-5,7,10,17-18H,1H2,(H2,12,13,14);3-7H,1-2H3;3-6H,1-2H3;3-5H,1-2H3;2-3H,1H3,(H2,7,8,9);2H,1H3,(H,10,11)(H2,7,8,9);2-4H,1H3/t6-,7-,8-;4-,5?,7+,10-;;;;;;/m11....../s1. The molecule has 13 N–H and O–H groups in total. The number of aliphatic hydroxyl groups is 4. The third-order valence-electron chi connectivity index (χ3n) is 17.1. The molecule has 528 valence electrons. The Morgan fingerprint density at radius 3 is 1.62 bits per heavy atom. The summed E-state index contributed by atoms with van der Waals surface area (Å²) in [5.74, 6) is 1.30. The van der Waals surface area contributed by atoms with Crippen molar-refractivity contribution in [1.29, 1.82) is 0 Å². The summed E-state index contributed by atoms with van der Waals surface area (Å²) in [5, 5.41) is 45.7. The molecule has 1 saturated carbocycles. The van der Waals surface area contributed by atoms with Gasteiger partial charge in [0, 0.05) is 77.1 Å². The molecule has 2 aromatic carbocycles. The third kappa shape index (κ3) is 15.2. The number of nitrogens with zero attached hydrogens (tertiary/aromatic N) is 25. The molecule has 14 aromatic heterocycles. The molecule has 18 rings (SSSR count). The maximum absolute atomic E-state index is 14.0. The normalized spacial score (nSPS) is 17.5. The Balaban J connectivity index is 0.000000119. The summed E-state index contributed by atoms with van der Waals surface area (Å²) in [5.41, 5.74) is 39.2. The lowest BCUT2D eigenvalue weighted by molar-refractivity contribution is -0.0459. The minimum absolute atomic E-state index is 0.00141. The zero-order valence-electron chi connectivity index (χ0n) is 57.1. The van der Waals surface area contributed by atoms with Crippen LogP contribution in [0.15, 0.2) is 137 Å². The molecule has 0 amide bonds. The zero-order chi connectivity index (χ0) is 72.5. The fourth-order valence-corrected chi connectivity index (χ4v) is 11.5.